The minimum Gasteiger partial charge on any atom is -0.291 e. The van der Waals surface area contributed by atoms with Gasteiger partial charge in [-0.3, -0.25) is 9.78 Å². The van der Waals surface area contributed by atoms with Crippen LogP contribution in [0.5, 0.6) is 0 Å². The van der Waals surface area contributed by atoms with Gasteiger partial charge in [-0.1, -0.05) is 24.1 Å². The number of nitrogens with zero attached hydrogens (tertiary/aromatic N) is 5. The van der Waals surface area contributed by atoms with Crippen molar-refractivity contribution in [3.63, 3.8) is 0 Å². The summed E-state index contributed by atoms with van der Waals surface area (Å²) in [6.07, 6.45) is 8.81. The molecule has 2 aromatic carbocycles. The van der Waals surface area contributed by atoms with E-state index in [1.807, 2.05) is 24.4 Å². The summed E-state index contributed by atoms with van der Waals surface area (Å²) in [6, 6.07) is 15.4. The maximum Gasteiger partial charge on any atom is 0.243 e. The van der Waals surface area contributed by atoms with E-state index in [1.165, 1.54) is 39.9 Å². The quantitative estimate of drug-likeness (QED) is 0.161. The minimum atomic E-state index is -3.87. The van der Waals surface area contributed by atoms with Gasteiger partial charge in [-0.25, -0.2) is 22.5 Å². The Morgan fingerprint density at radius 2 is 1.87 bits per heavy atom. The van der Waals surface area contributed by atoms with E-state index < -0.39 is 21.5 Å². The van der Waals surface area contributed by atoms with E-state index in [0.29, 0.717) is 35.7 Å². The molecule has 46 heavy (non-hydrogen) atoms. The van der Waals surface area contributed by atoms with Crippen LogP contribution >= 0.6 is 22.9 Å². The van der Waals surface area contributed by atoms with Crippen molar-refractivity contribution in [2.75, 3.05) is 6.54 Å². The summed E-state index contributed by atoms with van der Waals surface area (Å²) >= 11 is 7.55. The number of Topliss-reactive ketones (excluding diaryl/α,β-unsaturated/α-hetero) is 1. The number of aromatic nitrogens is 4. The molecule has 2 aliphatic rings. The number of allylic oxidation sites excluding steroid dienone is 1. The standard InChI is InChI=1S/C34H29ClFN5O3S2/c1-2-40(46(43,44)29-12-5-25(35)6-13-29)28-9-4-24-17-31-23(21-39-41(31)27-10-7-26(36)8-11-27)18-34(24,19-28)32(42)30-14-3-22(20-38-30)33-37-15-16-45-33/h3,5-8,10-17,20-21,28H,2,4,9,18-19H2,1H3/t28-,34-/m0/s1. The number of hydrogen-bond acceptors (Lipinski definition) is 7. The normalized spacial score (nSPS) is 19.4. The summed E-state index contributed by atoms with van der Waals surface area (Å²) in [7, 11) is -3.87. The van der Waals surface area contributed by atoms with Crippen LogP contribution in [0.3, 0.4) is 0 Å². The van der Waals surface area contributed by atoms with Crippen LogP contribution in [0.4, 0.5) is 4.39 Å². The lowest BCUT2D eigenvalue weighted by atomic mass is 9.60. The van der Waals surface area contributed by atoms with E-state index in [-0.39, 0.29) is 29.5 Å². The summed E-state index contributed by atoms with van der Waals surface area (Å²) in [5.41, 5.74) is 3.39. The first kappa shape index (κ1) is 30.6. The van der Waals surface area contributed by atoms with Crippen molar-refractivity contribution in [1.29, 1.82) is 0 Å². The molecule has 0 saturated heterocycles. The predicted molar refractivity (Wildman–Crippen MR) is 176 cm³/mol. The molecule has 0 aliphatic heterocycles. The molecule has 0 N–H and O–H groups in total. The van der Waals surface area contributed by atoms with Crippen LogP contribution in [0.15, 0.2) is 95.1 Å². The van der Waals surface area contributed by atoms with Crippen molar-refractivity contribution >= 4 is 44.8 Å². The molecule has 8 nitrogen and oxygen atoms in total. The number of carbonyl (C=O) groups excluding carboxylic acids is 1. The molecule has 0 spiro atoms. The second kappa shape index (κ2) is 12.0. The highest BCUT2D eigenvalue weighted by molar-refractivity contribution is 7.89. The highest BCUT2D eigenvalue weighted by atomic mass is 35.5. The number of ketones is 1. The van der Waals surface area contributed by atoms with Crippen LogP contribution in [0.1, 0.15) is 47.9 Å². The van der Waals surface area contributed by atoms with E-state index in [1.54, 1.807) is 53.6 Å². The maximum atomic E-state index is 14.7. The molecule has 3 heterocycles. The fourth-order valence-electron chi connectivity index (χ4n) is 6.75. The lowest BCUT2D eigenvalue weighted by Gasteiger charge is -2.46. The van der Waals surface area contributed by atoms with E-state index >= 15 is 0 Å². The summed E-state index contributed by atoms with van der Waals surface area (Å²) < 4.78 is 44.8. The zero-order valence-corrected chi connectivity index (χ0v) is 27.2. The van der Waals surface area contributed by atoms with Crippen LogP contribution in [-0.2, 0) is 16.4 Å². The van der Waals surface area contributed by atoms with Crippen molar-refractivity contribution < 1.29 is 17.6 Å². The number of benzene rings is 2. The molecule has 5 aromatic rings. The summed E-state index contributed by atoms with van der Waals surface area (Å²) in [4.78, 5) is 23.8. The topological polar surface area (TPSA) is 98.1 Å². The molecule has 0 bridgehead atoms. The lowest BCUT2D eigenvalue weighted by molar-refractivity contribution is 0.0739. The molecule has 3 aromatic heterocycles. The molecule has 0 amide bonds. The Labute approximate surface area is 275 Å². The maximum absolute atomic E-state index is 14.7. The Balaban J connectivity index is 1.30. The van der Waals surface area contributed by atoms with Gasteiger partial charge in [0.25, 0.3) is 0 Å². The minimum absolute atomic E-state index is 0.158. The van der Waals surface area contributed by atoms with Gasteiger partial charge in [0.05, 0.1) is 27.9 Å². The van der Waals surface area contributed by atoms with E-state index in [2.05, 4.69) is 15.1 Å². The molecule has 1 fully saturated rings. The Morgan fingerprint density at radius 1 is 1.09 bits per heavy atom. The molecule has 0 radical (unpaired) electrons. The fraction of sp³-hybridized carbons (Fsp3) is 0.235. The first-order valence-electron chi connectivity index (χ1n) is 14.9. The van der Waals surface area contributed by atoms with Gasteiger partial charge in [-0.2, -0.15) is 9.40 Å². The van der Waals surface area contributed by atoms with E-state index in [0.717, 1.165) is 27.4 Å². The van der Waals surface area contributed by atoms with E-state index in [9.17, 15) is 17.6 Å². The Kier molecular flexibility index (Phi) is 7.96. The van der Waals surface area contributed by atoms with Crippen LogP contribution in [0, 0.1) is 11.2 Å². The number of thiazole rings is 1. The van der Waals surface area contributed by atoms with Gasteiger partial charge in [0.2, 0.25) is 10.0 Å². The highest BCUT2D eigenvalue weighted by Gasteiger charge is 2.51. The van der Waals surface area contributed by atoms with Crippen molar-refractivity contribution in [3.05, 3.63) is 118 Å². The molecule has 2 aliphatic carbocycles. The van der Waals surface area contributed by atoms with Crippen LogP contribution < -0.4 is 0 Å². The lowest BCUT2D eigenvalue weighted by Crippen LogP contribution is -2.50. The highest BCUT2D eigenvalue weighted by Crippen LogP contribution is 2.51. The second-order valence-electron chi connectivity index (χ2n) is 11.5. The van der Waals surface area contributed by atoms with Gasteiger partial charge in [0, 0.05) is 40.9 Å². The third-order valence-corrected chi connectivity index (χ3v) is 12.1. The van der Waals surface area contributed by atoms with E-state index in [4.69, 9.17) is 11.6 Å². The summed E-state index contributed by atoms with van der Waals surface area (Å²) in [6.45, 7) is 2.06. The molecule has 1 saturated carbocycles. The fourth-order valence-corrected chi connectivity index (χ4v) is 9.17. The van der Waals surface area contributed by atoms with Gasteiger partial charge in [-0.15, -0.1) is 11.3 Å². The molecule has 0 unspecified atom stereocenters. The third kappa shape index (κ3) is 5.30. The van der Waals surface area contributed by atoms with Crippen molar-refractivity contribution in [2.45, 2.75) is 43.5 Å². The Hall–Kier alpha value is -4.03. The largest absolute Gasteiger partial charge is 0.291 e. The van der Waals surface area contributed by atoms with Gasteiger partial charge in [0.15, 0.2) is 5.78 Å². The van der Waals surface area contributed by atoms with Gasteiger partial charge in [0.1, 0.15) is 16.5 Å². The number of carbonyl (C=O) groups is 1. The second-order valence-corrected chi connectivity index (χ2v) is 14.8. The van der Waals surface area contributed by atoms with Crippen LogP contribution in [0.2, 0.25) is 5.02 Å². The monoisotopic (exact) mass is 673 g/mol. The van der Waals surface area contributed by atoms with Crippen LogP contribution in [-0.4, -0.2) is 50.8 Å². The first-order chi connectivity index (χ1) is 22.2. The SMILES string of the molecule is CCN([C@H]1CCC2=Cc3c(cnn3-c3ccc(F)cc3)C[C@]2(C(=O)c2ccc(-c3nccs3)cn2)C1)S(=O)(=O)c1ccc(Cl)cc1. The molecular formula is C34H29ClFN5O3S2. The zero-order valence-electron chi connectivity index (χ0n) is 24.8. The number of hydrogen-bond donors (Lipinski definition) is 0. The summed E-state index contributed by atoms with van der Waals surface area (Å²) in [5, 5.41) is 7.76. The van der Waals surface area contributed by atoms with Crippen molar-refractivity contribution in [1.82, 2.24) is 24.1 Å². The average Bonchev–Trinajstić information content (AvgIpc) is 3.75. The summed E-state index contributed by atoms with van der Waals surface area (Å²) in [5.74, 6) is -0.497. The number of rotatable bonds is 8. The number of halogens is 2. The van der Waals surface area contributed by atoms with Crippen LogP contribution in [0.25, 0.3) is 22.3 Å². The molecular weight excluding hydrogens is 645 g/mol. The Bertz CT molecular complexity index is 2050. The number of pyridine rings is 1. The third-order valence-electron chi connectivity index (χ3n) is 8.96. The molecule has 7 rings (SSSR count). The Morgan fingerprint density at radius 3 is 2.54 bits per heavy atom. The first-order valence-corrected chi connectivity index (χ1v) is 17.6. The predicted octanol–water partition coefficient (Wildman–Crippen LogP) is 7.26. The van der Waals surface area contributed by atoms with Crippen molar-refractivity contribution in [2.24, 2.45) is 5.41 Å². The molecule has 234 valence electrons. The zero-order chi connectivity index (χ0) is 32.1. The number of fused-ring (bicyclic) bond motifs is 2. The number of sulfonamides is 1. The molecule has 12 heteroatoms. The smallest absolute Gasteiger partial charge is 0.243 e. The average molecular weight is 674 g/mol. The van der Waals surface area contributed by atoms with Gasteiger partial charge >= 0.3 is 0 Å². The van der Waals surface area contributed by atoms with Gasteiger partial charge < -0.3 is 0 Å². The van der Waals surface area contributed by atoms with Crippen molar-refractivity contribution in [3.8, 4) is 16.3 Å². The molecule has 2 atom stereocenters. The van der Waals surface area contributed by atoms with Gasteiger partial charge in [-0.05, 0) is 98.0 Å².